The molecule has 4 aliphatic rings. The lowest BCUT2D eigenvalue weighted by Gasteiger charge is -2.62. The van der Waals surface area contributed by atoms with Crippen LogP contribution in [0.3, 0.4) is 0 Å². The van der Waals surface area contributed by atoms with Crippen LogP contribution in [0.2, 0.25) is 0 Å². The molecule has 4 bridgehead atoms. The molecule has 1 aromatic heterocycles. The molecule has 0 aliphatic heterocycles. The summed E-state index contributed by atoms with van der Waals surface area (Å²) in [5.41, 5.74) is -3.48. The smallest absolute Gasteiger partial charge is 0.419 e. The molecule has 4 saturated carbocycles. The number of hydrogen-bond acceptors (Lipinski definition) is 6. The standard InChI is InChI=1S/C17H20F2N2O5/c1-14(18,19)12(22)25-16-5-11-4-15(24,7-16)8-17(6-11,9-16)26-13(23)21-3-2-20-10-21/h2-3,10-11,24H,4-9H2,1H3. The van der Waals surface area contributed by atoms with Gasteiger partial charge in [0.2, 0.25) is 0 Å². The summed E-state index contributed by atoms with van der Waals surface area (Å²) in [5, 5.41) is 10.9. The van der Waals surface area contributed by atoms with Gasteiger partial charge < -0.3 is 14.6 Å². The highest BCUT2D eigenvalue weighted by molar-refractivity contribution is 5.77. The average molecular weight is 370 g/mol. The topological polar surface area (TPSA) is 90.7 Å². The Hall–Kier alpha value is -2.03. The van der Waals surface area contributed by atoms with Crippen molar-refractivity contribution in [3.8, 4) is 0 Å². The zero-order chi connectivity index (χ0) is 18.8. The van der Waals surface area contributed by atoms with Crippen LogP contribution in [-0.2, 0) is 14.3 Å². The van der Waals surface area contributed by atoms with Crippen LogP contribution < -0.4 is 0 Å². The molecule has 0 spiro atoms. The van der Waals surface area contributed by atoms with Crippen molar-refractivity contribution in [2.75, 3.05) is 0 Å². The van der Waals surface area contributed by atoms with Crippen LogP contribution in [0.4, 0.5) is 13.6 Å². The lowest BCUT2D eigenvalue weighted by Crippen LogP contribution is -2.68. The van der Waals surface area contributed by atoms with E-state index in [1.165, 1.54) is 23.3 Å². The second-order valence-electron chi connectivity index (χ2n) is 8.21. The molecule has 4 unspecified atom stereocenters. The minimum atomic E-state index is -3.62. The van der Waals surface area contributed by atoms with E-state index in [0.717, 1.165) is 0 Å². The van der Waals surface area contributed by atoms with E-state index in [1.807, 2.05) is 0 Å². The summed E-state index contributed by atoms with van der Waals surface area (Å²) < 4.78 is 38.8. The predicted molar refractivity (Wildman–Crippen MR) is 82.4 cm³/mol. The van der Waals surface area contributed by atoms with Gasteiger partial charge in [-0.3, -0.25) is 0 Å². The van der Waals surface area contributed by atoms with Gasteiger partial charge in [0, 0.05) is 38.6 Å². The van der Waals surface area contributed by atoms with Crippen molar-refractivity contribution in [1.29, 1.82) is 0 Å². The number of rotatable bonds is 3. The molecule has 0 radical (unpaired) electrons. The Morgan fingerprint density at radius 2 is 1.85 bits per heavy atom. The molecule has 0 saturated heterocycles. The molecule has 0 amide bonds. The number of esters is 1. The van der Waals surface area contributed by atoms with E-state index in [0.29, 0.717) is 26.2 Å². The van der Waals surface area contributed by atoms with Crippen molar-refractivity contribution in [3.05, 3.63) is 18.7 Å². The maximum absolute atomic E-state index is 13.4. The van der Waals surface area contributed by atoms with Crippen molar-refractivity contribution in [2.24, 2.45) is 5.92 Å². The third-order valence-electron chi connectivity index (χ3n) is 5.62. The van der Waals surface area contributed by atoms with Gasteiger partial charge in [0.1, 0.15) is 17.5 Å². The van der Waals surface area contributed by atoms with E-state index in [4.69, 9.17) is 9.47 Å². The van der Waals surface area contributed by atoms with Crippen LogP contribution >= 0.6 is 0 Å². The van der Waals surface area contributed by atoms with Crippen LogP contribution in [0.25, 0.3) is 0 Å². The molecule has 1 aromatic rings. The zero-order valence-corrected chi connectivity index (χ0v) is 14.3. The van der Waals surface area contributed by atoms with E-state index >= 15 is 0 Å². The van der Waals surface area contributed by atoms with Crippen molar-refractivity contribution in [2.45, 2.75) is 68.2 Å². The minimum absolute atomic E-state index is 0.0647. The van der Waals surface area contributed by atoms with E-state index in [-0.39, 0.29) is 25.2 Å². The van der Waals surface area contributed by atoms with Crippen molar-refractivity contribution in [3.63, 3.8) is 0 Å². The summed E-state index contributed by atoms with van der Waals surface area (Å²) in [6.07, 6.45) is 5.30. The van der Waals surface area contributed by atoms with Gasteiger partial charge in [0.25, 0.3) is 0 Å². The number of aromatic nitrogens is 2. The third kappa shape index (κ3) is 2.87. The highest BCUT2D eigenvalue weighted by atomic mass is 19.3. The van der Waals surface area contributed by atoms with Crippen molar-refractivity contribution in [1.82, 2.24) is 9.55 Å². The Morgan fingerprint density at radius 1 is 1.19 bits per heavy atom. The summed E-state index contributed by atoms with van der Waals surface area (Å²) in [7, 11) is 0. The van der Waals surface area contributed by atoms with E-state index in [2.05, 4.69) is 4.98 Å². The van der Waals surface area contributed by atoms with Gasteiger partial charge in [-0.05, 0) is 25.2 Å². The second-order valence-corrected chi connectivity index (χ2v) is 8.21. The van der Waals surface area contributed by atoms with E-state index in [1.54, 1.807) is 0 Å². The molecule has 142 valence electrons. The predicted octanol–water partition coefficient (Wildman–Crippen LogP) is 2.27. The number of imidazole rings is 1. The summed E-state index contributed by atoms with van der Waals surface area (Å²) in [6.45, 7) is 0.486. The molecule has 5 rings (SSSR count). The molecule has 4 atom stereocenters. The number of nitrogens with zero attached hydrogens (tertiary/aromatic N) is 2. The third-order valence-corrected chi connectivity index (χ3v) is 5.62. The molecule has 9 heteroatoms. The minimum Gasteiger partial charge on any atom is -0.454 e. The first-order valence-corrected chi connectivity index (χ1v) is 8.57. The fourth-order valence-corrected chi connectivity index (χ4v) is 5.33. The molecule has 1 N–H and O–H groups in total. The number of halogens is 2. The molecule has 4 fully saturated rings. The quantitative estimate of drug-likeness (QED) is 0.821. The summed E-state index contributed by atoms with van der Waals surface area (Å²) in [4.78, 5) is 28.0. The first-order chi connectivity index (χ1) is 12.0. The van der Waals surface area contributed by atoms with Crippen LogP contribution in [-0.4, -0.2) is 49.4 Å². The van der Waals surface area contributed by atoms with Gasteiger partial charge in [-0.25, -0.2) is 19.1 Å². The number of ether oxygens (including phenoxy) is 2. The summed E-state index contributed by atoms with van der Waals surface area (Å²) in [5.74, 6) is -5.30. The van der Waals surface area contributed by atoms with Gasteiger partial charge in [0.15, 0.2) is 0 Å². The average Bonchev–Trinajstić information content (AvgIpc) is 2.96. The van der Waals surface area contributed by atoms with Gasteiger partial charge in [-0.2, -0.15) is 8.78 Å². The zero-order valence-electron chi connectivity index (χ0n) is 14.3. The highest BCUT2D eigenvalue weighted by Crippen LogP contribution is 2.62. The van der Waals surface area contributed by atoms with Crippen molar-refractivity contribution >= 4 is 12.1 Å². The van der Waals surface area contributed by atoms with Gasteiger partial charge >= 0.3 is 18.0 Å². The molecule has 26 heavy (non-hydrogen) atoms. The number of alkyl halides is 2. The van der Waals surface area contributed by atoms with Crippen LogP contribution in [0.1, 0.15) is 45.4 Å². The normalized spacial score (nSPS) is 38.2. The lowest BCUT2D eigenvalue weighted by molar-refractivity contribution is -0.266. The van der Waals surface area contributed by atoms with E-state index in [9.17, 15) is 23.5 Å². The first-order valence-electron chi connectivity index (χ1n) is 8.57. The number of aliphatic hydroxyl groups is 1. The second kappa shape index (κ2) is 5.25. The number of carbonyl (C=O) groups excluding carboxylic acids is 2. The summed E-state index contributed by atoms with van der Waals surface area (Å²) >= 11 is 0. The van der Waals surface area contributed by atoms with Crippen LogP contribution in [0.5, 0.6) is 0 Å². The fourth-order valence-electron chi connectivity index (χ4n) is 5.33. The maximum Gasteiger partial charge on any atom is 0.419 e. The molecular formula is C17H20F2N2O5. The lowest BCUT2D eigenvalue weighted by atomic mass is 9.50. The maximum atomic E-state index is 13.4. The Morgan fingerprint density at radius 3 is 2.38 bits per heavy atom. The van der Waals surface area contributed by atoms with E-state index < -0.39 is 34.8 Å². The van der Waals surface area contributed by atoms with Crippen molar-refractivity contribution < 1.29 is 33.0 Å². The molecule has 1 heterocycles. The van der Waals surface area contributed by atoms with Gasteiger partial charge in [-0.15, -0.1) is 0 Å². The number of hydrogen-bond donors (Lipinski definition) is 1. The number of carbonyl (C=O) groups is 2. The Labute approximate surface area is 148 Å². The van der Waals surface area contributed by atoms with Crippen LogP contribution in [0, 0.1) is 5.92 Å². The van der Waals surface area contributed by atoms with Gasteiger partial charge in [0.05, 0.1) is 5.60 Å². The largest absolute Gasteiger partial charge is 0.454 e. The Bertz CT molecular complexity index is 749. The highest BCUT2D eigenvalue weighted by Gasteiger charge is 2.67. The Balaban J connectivity index is 1.61. The SMILES string of the molecule is CC(F)(F)C(=O)OC12CC3CC(O)(CC(OC(=O)n4ccnc4)(C3)C1)C2. The summed E-state index contributed by atoms with van der Waals surface area (Å²) in [6, 6.07) is 0. The monoisotopic (exact) mass is 370 g/mol. The fraction of sp³-hybridized carbons (Fsp3) is 0.706. The first kappa shape index (κ1) is 17.4. The van der Waals surface area contributed by atoms with Gasteiger partial charge in [-0.1, -0.05) is 0 Å². The molecular weight excluding hydrogens is 350 g/mol. The molecule has 0 aromatic carbocycles. The molecule has 7 nitrogen and oxygen atoms in total. The Kier molecular flexibility index (Phi) is 3.51. The van der Waals surface area contributed by atoms with Crippen LogP contribution in [0.15, 0.2) is 18.7 Å². The molecule has 4 aliphatic carbocycles.